The molecule has 0 heterocycles. The lowest BCUT2D eigenvalue weighted by atomic mass is 10.0. The SMILES string of the molecule is CC/C=C\C/C=C\C/C=C\C/C=C\C/C=C\C/C=C\C/C=C\C/C=C\C/C=C\C/C=C\CCCCCCCCC(=O)OC(COC(=O)CCCCCCCCCCCCCCCCCCCCCCCCCCCCCCCCCCCCCCC)COP(=O)([O-])OCC[N+](C)(C)C. The third-order valence-corrected chi connectivity index (χ3v) is 19.0. The molecule has 0 saturated heterocycles. The van der Waals surface area contributed by atoms with E-state index >= 15 is 0 Å². The van der Waals surface area contributed by atoms with Gasteiger partial charge in [-0.2, -0.15) is 0 Å². The van der Waals surface area contributed by atoms with Gasteiger partial charge in [-0.3, -0.25) is 14.2 Å². The molecule has 0 aromatic rings. The van der Waals surface area contributed by atoms with Gasteiger partial charge in [-0.25, -0.2) is 0 Å². The Morgan fingerprint density at radius 1 is 0.327 bits per heavy atom. The molecule has 10 heteroatoms. The van der Waals surface area contributed by atoms with Gasteiger partial charge in [0, 0.05) is 12.8 Å². The van der Waals surface area contributed by atoms with E-state index in [2.05, 4.69) is 135 Å². The number of rotatable bonds is 76. The van der Waals surface area contributed by atoms with Crippen LogP contribution in [0.25, 0.3) is 0 Å². The predicted molar refractivity (Wildman–Crippen MR) is 425 cm³/mol. The molecule has 0 spiro atoms. The van der Waals surface area contributed by atoms with Crippen LogP contribution in [0.5, 0.6) is 0 Å². The summed E-state index contributed by atoms with van der Waals surface area (Å²) in [7, 11) is 1.15. The molecule has 0 bridgehead atoms. The van der Waals surface area contributed by atoms with E-state index in [-0.39, 0.29) is 32.0 Å². The molecule has 566 valence electrons. The molecule has 0 N–H and O–H groups in total. The number of phosphoric ester groups is 1. The summed E-state index contributed by atoms with van der Waals surface area (Å²) in [5.74, 6) is -0.842. The number of nitrogens with zero attached hydrogens (tertiary/aromatic N) is 1. The van der Waals surface area contributed by atoms with Crippen molar-refractivity contribution in [2.24, 2.45) is 0 Å². The van der Waals surface area contributed by atoms with Crippen molar-refractivity contribution in [3.63, 3.8) is 0 Å². The van der Waals surface area contributed by atoms with Crippen LogP contribution in [-0.2, 0) is 32.7 Å². The van der Waals surface area contributed by atoms with Gasteiger partial charge in [0.15, 0.2) is 6.10 Å². The Morgan fingerprint density at radius 2 is 0.582 bits per heavy atom. The molecule has 98 heavy (non-hydrogen) atoms. The highest BCUT2D eigenvalue weighted by Crippen LogP contribution is 2.38. The number of hydrogen-bond acceptors (Lipinski definition) is 8. The highest BCUT2D eigenvalue weighted by atomic mass is 31.2. The van der Waals surface area contributed by atoms with Crippen LogP contribution in [0.4, 0.5) is 0 Å². The first kappa shape index (κ1) is 94.4. The fourth-order valence-electron chi connectivity index (χ4n) is 11.7. The molecular weight excluding hydrogens is 1230 g/mol. The number of carbonyl (C=O) groups excluding carboxylic acids is 2. The largest absolute Gasteiger partial charge is 0.756 e. The smallest absolute Gasteiger partial charge is 0.306 e. The summed E-state index contributed by atoms with van der Waals surface area (Å²) in [4.78, 5) is 38.2. The second-order valence-electron chi connectivity index (χ2n) is 28.8. The van der Waals surface area contributed by atoms with Crippen LogP contribution in [0.1, 0.15) is 373 Å². The second kappa shape index (κ2) is 77.6. The summed E-state index contributed by atoms with van der Waals surface area (Å²) in [5.41, 5.74) is 0. The van der Waals surface area contributed by atoms with E-state index in [1.807, 2.05) is 21.1 Å². The molecular formula is C88H156NO8P. The number of esters is 2. The molecule has 0 radical (unpaired) electrons. The van der Waals surface area contributed by atoms with Crippen molar-refractivity contribution >= 4 is 19.8 Å². The number of allylic oxidation sites excluding steroid dienone is 20. The molecule has 0 aromatic carbocycles. The van der Waals surface area contributed by atoms with E-state index in [1.54, 1.807) is 0 Å². The molecule has 2 unspecified atom stereocenters. The Bertz CT molecular complexity index is 2070. The maximum absolute atomic E-state index is 12.9. The zero-order chi connectivity index (χ0) is 71.1. The van der Waals surface area contributed by atoms with E-state index in [0.717, 1.165) is 122 Å². The molecule has 0 aliphatic rings. The number of likely N-dealkylation sites (N-methyl/N-ethyl adjacent to an activating group) is 1. The van der Waals surface area contributed by atoms with Crippen molar-refractivity contribution in [3.05, 3.63) is 122 Å². The Labute approximate surface area is 607 Å². The first-order valence-electron chi connectivity index (χ1n) is 41.2. The summed E-state index contributed by atoms with van der Waals surface area (Å²) >= 11 is 0. The quantitative estimate of drug-likeness (QED) is 0.0195. The molecule has 2 atom stereocenters. The third kappa shape index (κ3) is 81.4. The first-order valence-corrected chi connectivity index (χ1v) is 42.7. The average Bonchev–Trinajstić information content (AvgIpc) is 1.08. The average molecular weight is 1390 g/mol. The van der Waals surface area contributed by atoms with Crippen molar-refractivity contribution in [3.8, 4) is 0 Å². The minimum Gasteiger partial charge on any atom is -0.756 e. The van der Waals surface area contributed by atoms with Gasteiger partial charge < -0.3 is 27.9 Å². The van der Waals surface area contributed by atoms with Gasteiger partial charge in [0.25, 0.3) is 7.82 Å². The number of hydrogen-bond donors (Lipinski definition) is 0. The fourth-order valence-corrected chi connectivity index (χ4v) is 12.5. The van der Waals surface area contributed by atoms with Gasteiger partial charge in [0.05, 0.1) is 27.7 Å². The fraction of sp³-hybridized carbons (Fsp3) is 0.750. The van der Waals surface area contributed by atoms with E-state index in [9.17, 15) is 19.0 Å². The van der Waals surface area contributed by atoms with Gasteiger partial charge >= 0.3 is 11.9 Å². The summed E-state index contributed by atoms with van der Waals surface area (Å²) in [6, 6.07) is 0. The van der Waals surface area contributed by atoms with Crippen LogP contribution in [0.3, 0.4) is 0 Å². The van der Waals surface area contributed by atoms with E-state index < -0.39 is 26.5 Å². The standard InChI is InChI=1S/C88H156NO8P/c1-6-8-10-12-14-16-18-20-22-24-26-28-30-32-34-36-38-40-42-44-46-48-50-52-54-56-58-60-62-64-66-68-70-72-74-76-78-80-87(90)94-84-86(85-96-98(92,93)95-83-82-89(3,4)5)97-88(91)81-79-77-75-73-71-69-67-65-63-61-59-57-55-53-51-49-47-45-43-41-39-37-35-33-31-29-27-25-23-21-19-17-15-13-11-9-7-2/h9,11,15,17,21,23,27,29,33,35,39,41,45,47,51,53,57,59,63,65,86H,6-8,10,12-14,16,18-20,22,24-26,28,30-32,34,36-38,40,42-44,46,48-50,52,54-56,58,60-62,64,66-85H2,1-5H3/b11-9-,17-15-,23-21-,29-27-,35-33-,41-39-,47-45-,53-51-,59-57-,65-63-. The monoisotopic (exact) mass is 1390 g/mol. The van der Waals surface area contributed by atoms with E-state index in [1.165, 1.54) is 218 Å². The zero-order valence-corrected chi connectivity index (χ0v) is 65.6. The lowest BCUT2D eigenvalue weighted by Crippen LogP contribution is -2.37. The van der Waals surface area contributed by atoms with Crippen molar-refractivity contribution < 1.29 is 42.1 Å². The van der Waals surface area contributed by atoms with Crippen molar-refractivity contribution in [2.45, 2.75) is 380 Å². The molecule has 0 amide bonds. The Hall–Kier alpha value is -3.59. The Kier molecular flexibility index (Phi) is 74.7. The van der Waals surface area contributed by atoms with E-state index in [0.29, 0.717) is 17.4 Å². The van der Waals surface area contributed by atoms with Gasteiger partial charge in [-0.05, 0) is 89.9 Å². The molecule has 9 nitrogen and oxygen atoms in total. The van der Waals surface area contributed by atoms with Crippen LogP contribution in [0.2, 0.25) is 0 Å². The van der Waals surface area contributed by atoms with Crippen LogP contribution in [-0.4, -0.2) is 70.0 Å². The minimum atomic E-state index is -4.66. The number of phosphoric acid groups is 1. The maximum Gasteiger partial charge on any atom is 0.306 e. The molecule has 0 aliphatic heterocycles. The first-order chi connectivity index (χ1) is 48.0. The second-order valence-corrected chi connectivity index (χ2v) is 30.2. The van der Waals surface area contributed by atoms with Crippen LogP contribution >= 0.6 is 7.82 Å². The molecule has 0 aromatic heterocycles. The van der Waals surface area contributed by atoms with Gasteiger partial charge in [-0.15, -0.1) is 0 Å². The topological polar surface area (TPSA) is 111 Å². The summed E-state index contributed by atoms with van der Waals surface area (Å²) < 4.78 is 34.4. The third-order valence-electron chi connectivity index (χ3n) is 18.0. The van der Waals surface area contributed by atoms with Crippen molar-refractivity contribution in [2.75, 3.05) is 47.5 Å². The minimum absolute atomic E-state index is 0.0381. The molecule has 0 fully saturated rings. The molecule has 0 rings (SSSR count). The number of carbonyl (C=O) groups is 2. The summed E-state index contributed by atoms with van der Waals surface area (Å²) in [6.45, 7) is 4.15. The number of unbranched alkanes of at least 4 members (excludes halogenated alkanes) is 42. The lowest BCUT2D eigenvalue weighted by molar-refractivity contribution is -0.870. The lowest BCUT2D eigenvalue weighted by Gasteiger charge is -2.28. The maximum atomic E-state index is 12.9. The van der Waals surface area contributed by atoms with Crippen LogP contribution in [0.15, 0.2) is 122 Å². The number of quaternary nitrogens is 1. The molecule has 0 aliphatic carbocycles. The zero-order valence-electron chi connectivity index (χ0n) is 64.7. The van der Waals surface area contributed by atoms with Crippen LogP contribution in [0, 0.1) is 0 Å². The Morgan fingerprint density at radius 3 is 0.867 bits per heavy atom. The summed E-state index contributed by atoms with van der Waals surface area (Å²) in [5, 5.41) is 0. The highest BCUT2D eigenvalue weighted by Gasteiger charge is 2.22. The Balaban J connectivity index is 4.01. The van der Waals surface area contributed by atoms with E-state index in [4.69, 9.17) is 18.5 Å². The van der Waals surface area contributed by atoms with Gasteiger partial charge in [-0.1, -0.05) is 392 Å². The number of ether oxygens (including phenoxy) is 2. The van der Waals surface area contributed by atoms with Gasteiger partial charge in [0.2, 0.25) is 0 Å². The highest BCUT2D eigenvalue weighted by molar-refractivity contribution is 7.45. The van der Waals surface area contributed by atoms with Gasteiger partial charge in [0.1, 0.15) is 19.8 Å². The predicted octanol–water partition coefficient (Wildman–Crippen LogP) is 27.1. The van der Waals surface area contributed by atoms with Crippen molar-refractivity contribution in [1.82, 2.24) is 0 Å². The van der Waals surface area contributed by atoms with Crippen molar-refractivity contribution in [1.29, 1.82) is 0 Å². The molecule has 0 saturated carbocycles. The van der Waals surface area contributed by atoms with Crippen LogP contribution < -0.4 is 4.89 Å². The normalized spacial score (nSPS) is 13.7. The summed E-state index contributed by atoms with van der Waals surface area (Å²) in [6.07, 6.45) is 112.